The van der Waals surface area contributed by atoms with E-state index in [1.54, 1.807) is 30.9 Å². The first kappa shape index (κ1) is 29.2. The second-order valence-corrected chi connectivity index (χ2v) is 11.1. The molecule has 218 valence electrons. The van der Waals surface area contributed by atoms with Gasteiger partial charge >= 0.3 is 5.97 Å². The molecule has 6 nitrogen and oxygen atoms in total. The summed E-state index contributed by atoms with van der Waals surface area (Å²) in [5, 5.41) is 0. The molecule has 0 radical (unpaired) electrons. The van der Waals surface area contributed by atoms with E-state index in [-0.39, 0.29) is 37.2 Å². The van der Waals surface area contributed by atoms with Crippen molar-refractivity contribution in [3.8, 4) is 0 Å². The Labute approximate surface area is 246 Å². The van der Waals surface area contributed by atoms with E-state index in [1.165, 1.54) is 17.7 Å². The number of carbonyl (C=O) groups is 3. The number of carbonyl (C=O) groups excluding carboxylic acids is 3. The molecule has 0 spiro atoms. The van der Waals surface area contributed by atoms with Crippen LogP contribution in [0.25, 0.3) is 0 Å². The summed E-state index contributed by atoms with van der Waals surface area (Å²) in [6.45, 7) is 5.36. The third-order valence-electron chi connectivity index (χ3n) is 8.37. The first-order valence-electron chi connectivity index (χ1n) is 14.7. The Kier molecular flexibility index (Phi) is 9.15. The Morgan fingerprint density at radius 2 is 1.62 bits per heavy atom. The van der Waals surface area contributed by atoms with Gasteiger partial charge < -0.3 is 14.5 Å². The van der Waals surface area contributed by atoms with Gasteiger partial charge in [-0.15, -0.1) is 0 Å². The van der Waals surface area contributed by atoms with Crippen LogP contribution in [0, 0.1) is 11.7 Å². The van der Waals surface area contributed by atoms with Gasteiger partial charge in [0.15, 0.2) is 0 Å². The largest absolute Gasteiger partial charge is 0.463 e. The van der Waals surface area contributed by atoms with Gasteiger partial charge in [0, 0.05) is 36.7 Å². The van der Waals surface area contributed by atoms with E-state index in [4.69, 9.17) is 4.74 Å². The standard InChI is InChI=1S/C35H37FN2O4/c1-3-42-35(41)33-24(2)38(32(39)22-31(33)28-12-14-30(36)15-13-28)23-27-10-7-11-29(21-27)34(40)37-18-16-26(17-19-37)20-25-8-5-4-6-9-25/h4-15,21,26,31H,3,16-20,22-23H2,1-2H3. The molecule has 5 rings (SSSR count). The lowest BCUT2D eigenvalue weighted by molar-refractivity contribution is -0.140. The van der Waals surface area contributed by atoms with Crippen LogP contribution in [0.15, 0.2) is 90.1 Å². The average molecular weight is 569 g/mol. The highest BCUT2D eigenvalue weighted by Gasteiger charge is 2.37. The summed E-state index contributed by atoms with van der Waals surface area (Å²) in [5.74, 6) is -0.975. The number of amides is 2. The predicted molar refractivity (Wildman–Crippen MR) is 159 cm³/mol. The quantitative estimate of drug-likeness (QED) is 0.300. The van der Waals surface area contributed by atoms with Crippen LogP contribution in [0.5, 0.6) is 0 Å². The molecule has 1 atom stereocenters. The highest BCUT2D eigenvalue weighted by Crippen LogP contribution is 2.38. The molecule has 0 saturated carbocycles. The number of ether oxygens (including phenoxy) is 1. The van der Waals surface area contributed by atoms with E-state index in [1.807, 2.05) is 35.2 Å². The van der Waals surface area contributed by atoms with Crippen LogP contribution < -0.4 is 0 Å². The Morgan fingerprint density at radius 1 is 0.929 bits per heavy atom. The topological polar surface area (TPSA) is 66.9 Å². The summed E-state index contributed by atoms with van der Waals surface area (Å²) in [6, 6.07) is 23.7. The van der Waals surface area contributed by atoms with Crippen LogP contribution in [0.1, 0.15) is 66.1 Å². The fraction of sp³-hybridized carbons (Fsp3) is 0.343. The second kappa shape index (κ2) is 13.1. The smallest absolute Gasteiger partial charge is 0.336 e. The van der Waals surface area contributed by atoms with Crippen molar-refractivity contribution in [1.82, 2.24) is 9.80 Å². The van der Waals surface area contributed by atoms with Crippen molar-refractivity contribution < 1.29 is 23.5 Å². The minimum atomic E-state index is -0.522. The molecule has 3 aromatic carbocycles. The molecule has 7 heteroatoms. The maximum Gasteiger partial charge on any atom is 0.336 e. The Morgan fingerprint density at radius 3 is 2.31 bits per heavy atom. The number of allylic oxidation sites excluding steroid dienone is 1. The van der Waals surface area contributed by atoms with Gasteiger partial charge in [-0.05, 0) is 80.0 Å². The number of likely N-dealkylation sites (tertiary alicyclic amines) is 1. The molecule has 0 bridgehead atoms. The van der Waals surface area contributed by atoms with Gasteiger partial charge in [-0.1, -0.05) is 54.6 Å². The zero-order chi connectivity index (χ0) is 29.6. The zero-order valence-electron chi connectivity index (χ0n) is 24.2. The fourth-order valence-corrected chi connectivity index (χ4v) is 6.11. The van der Waals surface area contributed by atoms with Crippen LogP contribution in [-0.4, -0.2) is 47.3 Å². The highest BCUT2D eigenvalue weighted by molar-refractivity contribution is 5.96. The lowest BCUT2D eigenvalue weighted by Crippen LogP contribution is -2.39. The van der Waals surface area contributed by atoms with E-state index in [9.17, 15) is 18.8 Å². The molecule has 2 amide bonds. The summed E-state index contributed by atoms with van der Waals surface area (Å²) >= 11 is 0. The minimum absolute atomic E-state index is 0.00386. The summed E-state index contributed by atoms with van der Waals surface area (Å²) in [7, 11) is 0. The number of hydrogen-bond donors (Lipinski definition) is 0. The molecule has 0 aliphatic carbocycles. The van der Waals surface area contributed by atoms with Crippen molar-refractivity contribution in [3.05, 3.63) is 118 Å². The zero-order valence-corrected chi connectivity index (χ0v) is 24.2. The number of benzene rings is 3. The van der Waals surface area contributed by atoms with E-state index in [0.717, 1.165) is 37.9 Å². The van der Waals surface area contributed by atoms with Crippen molar-refractivity contribution in [2.75, 3.05) is 19.7 Å². The molecule has 0 aromatic heterocycles. The van der Waals surface area contributed by atoms with E-state index >= 15 is 0 Å². The molecular formula is C35H37FN2O4. The third kappa shape index (κ3) is 6.62. The second-order valence-electron chi connectivity index (χ2n) is 11.1. The van der Waals surface area contributed by atoms with Gasteiger partial charge in [-0.2, -0.15) is 0 Å². The van der Waals surface area contributed by atoms with Crippen LogP contribution >= 0.6 is 0 Å². The minimum Gasteiger partial charge on any atom is -0.463 e. The summed E-state index contributed by atoms with van der Waals surface area (Å²) < 4.78 is 18.9. The van der Waals surface area contributed by atoms with Gasteiger partial charge in [-0.3, -0.25) is 9.59 Å². The van der Waals surface area contributed by atoms with Crippen LogP contribution in [0.2, 0.25) is 0 Å². The molecule has 2 aliphatic rings. The number of halogens is 1. The maximum absolute atomic E-state index is 13.6. The van der Waals surface area contributed by atoms with Gasteiger partial charge in [0.1, 0.15) is 5.82 Å². The molecule has 1 unspecified atom stereocenters. The first-order chi connectivity index (χ1) is 20.3. The SMILES string of the molecule is CCOC(=O)C1=C(C)N(Cc2cccc(C(=O)N3CCC(Cc4ccccc4)CC3)c2)C(=O)CC1c1ccc(F)cc1. The molecule has 0 N–H and O–H groups in total. The summed E-state index contributed by atoms with van der Waals surface area (Å²) in [4.78, 5) is 43.4. The van der Waals surface area contributed by atoms with Gasteiger partial charge in [0.05, 0.1) is 18.7 Å². The van der Waals surface area contributed by atoms with E-state index < -0.39 is 11.9 Å². The summed E-state index contributed by atoms with van der Waals surface area (Å²) in [6.07, 6.45) is 3.04. The van der Waals surface area contributed by atoms with Crippen LogP contribution in [-0.2, 0) is 27.3 Å². The maximum atomic E-state index is 13.6. The predicted octanol–water partition coefficient (Wildman–Crippen LogP) is 6.27. The number of rotatable bonds is 8. The highest BCUT2D eigenvalue weighted by atomic mass is 19.1. The Bertz CT molecular complexity index is 1460. The van der Waals surface area contributed by atoms with Crippen molar-refractivity contribution in [1.29, 1.82) is 0 Å². The van der Waals surface area contributed by atoms with Crippen molar-refractivity contribution >= 4 is 17.8 Å². The molecule has 2 aliphatic heterocycles. The number of nitrogens with zero attached hydrogens (tertiary/aromatic N) is 2. The van der Waals surface area contributed by atoms with Crippen LogP contribution in [0.4, 0.5) is 4.39 Å². The molecule has 1 saturated heterocycles. The average Bonchev–Trinajstić information content (AvgIpc) is 3.00. The Balaban J connectivity index is 1.30. The lowest BCUT2D eigenvalue weighted by Gasteiger charge is -2.35. The van der Waals surface area contributed by atoms with E-state index in [2.05, 4.69) is 24.3 Å². The number of esters is 1. The Hall–Kier alpha value is -4.26. The molecule has 3 aromatic rings. The van der Waals surface area contributed by atoms with Gasteiger partial charge in [-0.25, -0.2) is 9.18 Å². The number of piperidine rings is 1. The number of hydrogen-bond acceptors (Lipinski definition) is 4. The molecular weight excluding hydrogens is 531 g/mol. The fourth-order valence-electron chi connectivity index (χ4n) is 6.11. The lowest BCUT2D eigenvalue weighted by atomic mass is 9.83. The first-order valence-corrected chi connectivity index (χ1v) is 14.7. The van der Waals surface area contributed by atoms with Crippen molar-refractivity contribution in [2.45, 2.75) is 52.0 Å². The van der Waals surface area contributed by atoms with Crippen LogP contribution in [0.3, 0.4) is 0 Å². The van der Waals surface area contributed by atoms with Gasteiger partial charge in [0.2, 0.25) is 5.91 Å². The van der Waals surface area contributed by atoms with E-state index in [0.29, 0.717) is 28.3 Å². The molecule has 1 fully saturated rings. The third-order valence-corrected chi connectivity index (χ3v) is 8.37. The normalized spacial score (nSPS) is 17.9. The monoisotopic (exact) mass is 568 g/mol. The van der Waals surface area contributed by atoms with Crippen molar-refractivity contribution in [3.63, 3.8) is 0 Å². The summed E-state index contributed by atoms with van der Waals surface area (Å²) in [5.41, 5.74) is 4.32. The molecule has 2 heterocycles. The van der Waals surface area contributed by atoms with Crippen molar-refractivity contribution in [2.24, 2.45) is 5.92 Å². The molecule has 42 heavy (non-hydrogen) atoms. The van der Waals surface area contributed by atoms with Gasteiger partial charge in [0.25, 0.3) is 5.91 Å².